The van der Waals surface area contributed by atoms with Crippen molar-refractivity contribution in [3.05, 3.63) is 39.9 Å². The molecule has 2 atom stereocenters. The minimum absolute atomic E-state index is 0.0727. The van der Waals surface area contributed by atoms with Crippen molar-refractivity contribution < 1.29 is 9.66 Å². The Hall–Kier alpha value is -1.46. The monoisotopic (exact) mass is 236 g/mol. The molecule has 0 bridgehead atoms. The molecule has 1 aromatic rings. The number of hydrogen-bond donors (Lipinski definition) is 1. The van der Waals surface area contributed by atoms with Gasteiger partial charge in [0.05, 0.1) is 11.5 Å². The molecule has 1 aliphatic heterocycles. The highest BCUT2D eigenvalue weighted by molar-refractivity contribution is 5.40. The van der Waals surface area contributed by atoms with Crippen molar-refractivity contribution in [2.75, 3.05) is 13.2 Å². The fourth-order valence-electron chi connectivity index (χ4n) is 2.17. The van der Waals surface area contributed by atoms with Crippen LogP contribution in [-0.4, -0.2) is 24.2 Å². The zero-order valence-electron chi connectivity index (χ0n) is 9.54. The lowest BCUT2D eigenvalue weighted by atomic mass is 9.89. The summed E-state index contributed by atoms with van der Waals surface area (Å²) in [5, 5.41) is 10.9. The Balaban J connectivity index is 2.14. The number of nitro groups is 1. The highest BCUT2D eigenvalue weighted by atomic mass is 16.6. The molecular formula is C12H16N2O3. The molecule has 1 aliphatic rings. The van der Waals surface area contributed by atoms with Gasteiger partial charge in [0.1, 0.15) is 0 Å². The molecule has 1 heterocycles. The first kappa shape index (κ1) is 12.0. The van der Waals surface area contributed by atoms with E-state index in [9.17, 15) is 10.1 Å². The van der Waals surface area contributed by atoms with Gasteiger partial charge in [-0.3, -0.25) is 10.1 Å². The van der Waals surface area contributed by atoms with Crippen LogP contribution in [0.5, 0.6) is 0 Å². The fourth-order valence-corrected chi connectivity index (χ4v) is 2.17. The van der Waals surface area contributed by atoms with Crippen molar-refractivity contribution in [2.24, 2.45) is 11.7 Å². The molecule has 0 radical (unpaired) electrons. The van der Waals surface area contributed by atoms with Crippen LogP contribution in [0.15, 0.2) is 24.3 Å². The molecule has 5 heteroatoms. The van der Waals surface area contributed by atoms with Crippen LogP contribution in [0.3, 0.4) is 0 Å². The molecule has 1 fully saturated rings. The van der Waals surface area contributed by atoms with Crippen molar-refractivity contribution in [1.82, 2.24) is 0 Å². The molecular weight excluding hydrogens is 220 g/mol. The zero-order valence-corrected chi connectivity index (χ0v) is 9.54. The maximum absolute atomic E-state index is 10.9. The minimum atomic E-state index is -0.343. The second-order valence-electron chi connectivity index (χ2n) is 4.38. The predicted octanol–water partition coefficient (Wildman–Crippen LogP) is 1.50. The van der Waals surface area contributed by atoms with Gasteiger partial charge >= 0.3 is 0 Å². The maximum Gasteiger partial charge on any atom is 0.272 e. The van der Waals surface area contributed by atoms with Crippen LogP contribution in [0, 0.1) is 16.0 Å². The first-order valence-corrected chi connectivity index (χ1v) is 5.74. The van der Waals surface area contributed by atoms with Crippen LogP contribution >= 0.6 is 0 Å². The van der Waals surface area contributed by atoms with Crippen LogP contribution in [0.1, 0.15) is 12.0 Å². The summed E-state index contributed by atoms with van der Waals surface area (Å²) in [7, 11) is 0. The van der Waals surface area contributed by atoms with Gasteiger partial charge in [0.15, 0.2) is 0 Å². The quantitative estimate of drug-likeness (QED) is 0.637. The lowest BCUT2D eigenvalue weighted by molar-refractivity contribution is -0.385. The van der Waals surface area contributed by atoms with Gasteiger partial charge in [-0.1, -0.05) is 18.2 Å². The van der Waals surface area contributed by atoms with Gasteiger partial charge in [-0.15, -0.1) is 0 Å². The van der Waals surface area contributed by atoms with E-state index in [4.69, 9.17) is 10.5 Å². The number of nitro benzene ring substituents is 1. The molecule has 5 nitrogen and oxygen atoms in total. The van der Waals surface area contributed by atoms with Gasteiger partial charge in [-0.05, 0) is 12.8 Å². The van der Waals surface area contributed by atoms with E-state index in [1.165, 1.54) is 6.07 Å². The minimum Gasteiger partial charge on any atom is -0.381 e. The Bertz CT molecular complexity index is 408. The van der Waals surface area contributed by atoms with E-state index in [1.54, 1.807) is 12.1 Å². The molecule has 2 unspecified atom stereocenters. The first-order chi connectivity index (χ1) is 8.18. The van der Waals surface area contributed by atoms with Gasteiger partial charge in [-0.25, -0.2) is 0 Å². The van der Waals surface area contributed by atoms with Crippen LogP contribution in [-0.2, 0) is 11.2 Å². The summed E-state index contributed by atoms with van der Waals surface area (Å²) < 4.78 is 5.38. The van der Waals surface area contributed by atoms with Gasteiger partial charge in [0, 0.05) is 30.2 Å². The molecule has 17 heavy (non-hydrogen) atoms. The van der Waals surface area contributed by atoms with Gasteiger partial charge in [-0.2, -0.15) is 0 Å². The van der Waals surface area contributed by atoms with E-state index in [0.717, 1.165) is 12.0 Å². The molecule has 2 rings (SSSR count). The Morgan fingerprint density at radius 2 is 2.24 bits per heavy atom. The average Bonchev–Trinajstić information content (AvgIpc) is 2.32. The topological polar surface area (TPSA) is 78.4 Å². The normalized spacial score (nSPS) is 24.5. The van der Waals surface area contributed by atoms with Crippen LogP contribution in [0.4, 0.5) is 5.69 Å². The molecule has 1 saturated heterocycles. The van der Waals surface area contributed by atoms with Crippen molar-refractivity contribution in [3.8, 4) is 0 Å². The Morgan fingerprint density at radius 3 is 2.94 bits per heavy atom. The molecule has 0 aliphatic carbocycles. The Kier molecular flexibility index (Phi) is 3.71. The number of rotatable bonds is 3. The number of benzene rings is 1. The second-order valence-corrected chi connectivity index (χ2v) is 4.38. The van der Waals surface area contributed by atoms with Crippen molar-refractivity contribution in [1.29, 1.82) is 0 Å². The van der Waals surface area contributed by atoms with E-state index >= 15 is 0 Å². The van der Waals surface area contributed by atoms with Crippen LogP contribution in [0.25, 0.3) is 0 Å². The largest absolute Gasteiger partial charge is 0.381 e. The summed E-state index contributed by atoms with van der Waals surface area (Å²) in [5.74, 6) is 0.171. The number of hydrogen-bond acceptors (Lipinski definition) is 4. The third-order valence-electron chi connectivity index (χ3n) is 3.20. The zero-order chi connectivity index (χ0) is 12.3. The summed E-state index contributed by atoms with van der Waals surface area (Å²) in [6, 6.07) is 6.89. The van der Waals surface area contributed by atoms with E-state index in [2.05, 4.69) is 0 Å². The molecule has 0 amide bonds. The Morgan fingerprint density at radius 1 is 1.47 bits per heavy atom. The van der Waals surface area contributed by atoms with Gasteiger partial charge in [0.25, 0.3) is 5.69 Å². The third-order valence-corrected chi connectivity index (χ3v) is 3.20. The average molecular weight is 236 g/mol. The van der Waals surface area contributed by atoms with Crippen LogP contribution in [0.2, 0.25) is 0 Å². The predicted molar refractivity (Wildman–Crippen MR) is 63.7 cm³/mol. The molecule has 92 valence electrons. The molecule has 0 saturated carbocycles. The van der Waals surface area contributed by atoms with Crippen LogP contribution < -0.4 is 5.73 Å². The second kappa shape index (κ2) is 5.25. The summed E-state index contributed by atoms with van der Waals surface area (Å²) in [6.45, 7) is 1.28. The van der Waals surface area contributed by atoms with Gasteiger partial charge in [0.2, 0.25) is 0 Å². The third kappa shape index (κ3) is 2.81. The summed E-state index contributed by atoms with van der Waals surface area (Å²) in [5.41, 5.74) is 6.91. The van der Waals surface area contributed by atoms with E-state index in [1.807, 2.05) is 6.07 Å². The number of para-hydroxylation sites is 1. The van der Waals surface area contributed by atoms with E-state index < -0.39 is 0 Å². The molecule has 0 spiro atoms. The molecule has 1 aromatic carbocycles. The lowest BCUT2D eigenvalue weighted by Crippen LogP contribution is -2.39. The maximum atomic E-state index is 10.9. The smallest absolute Gasteiger partial charge is 0.272 e. The SMILES string of the molecule is NC1CCOCC1Cc1ccccc1[N+](=O)[O-]. The van der Waals surface area contributed by atoms with Crippen molar-refractivity contribution >= 4 is 5.69 Å². The highest BCUT2D eigenvalue weighted by Gasteiger charge is 2.25. The van der Waals surface area contributed by atoms with Crippen molar-refractivity contribution in [2.45, 2.75) is 18.9 Å². The molecule has 0 aromatic heterocycles. The summed E-state index contributed by atoms with van der Waals surface area (Å²) >= 11 is 0. The van der Waals surface area contributed by atoms with E-state index in [-0.39, 0.29) is 22.6 Å². The summed E-state index contributed by atoms with van der Waals surface area (Å²) in [6.07, 6.45) is 1.43. The van der Waals surface area contributed by atoms with Gasteiger partial charge < -0.3 is 10.5 Å². The highest BCUT2D eigenvalue weighted by Crippen LogP contribution is 2.24. The fraction of sp³-hybridized carbons (Fsp3) is 0.500. The number of nitrogens with zero attached hydrogens (tertiary/aromatic N) is 1. The standard InChI is InChI=1S/C12H16N2O3/c13-11-5-6-17-8-10(11)7-9-3-1-2-4-12(9)14(15)16/h1-4,10-11H,5-8,13H2. The lowest BCUT2D eigenvalue weighted by Gasteiger charge is -2.28. The number of nitrogens with two attached hydrogens (primary N) is 1. The Labute approximate surface area is 99.7 Å². The molecule has 2 N–H and O–H groups in total. The van der Waals surface area contributed by atoms with Crippen molar-refractivity contribution in [3.63, 3.8) is 0 Å². The van der Waals surface area contributed by atoms with E-state index in [0.29, 0.717) is 19.6 Å². The number of ether oxygens (including phenoxy) is 1. The summed E-state index contributed by atoms with van der Waals surface area (Å²) in [4.78, 5) is 10.5. The first-order valence-electron chi connectivity index (χ1n) is 5.74.